The molecule has 1 spiro atoms. The predicted octanol–water partition coefficient (Wildman–Crippen LogP) is 2.75. The molecule has 4 fully saturated rings. The van der Waals surface area contributed by atoms with E-state index in [0.29, 0.717) is 29.9 Å². The summed E-state index contributed by atoms with van der Waals surface area (Å²) in [5.74, 6) is 2.32. The third kappa shape index (κ3) is 3.05. The molecular weight excluding hydrogens is 310 g/mol. The summed E-state index contributed by atoms with van der Waals surface area (Å²) >= 11 is 1.73. The average molecular weight is 340 g/mol. The van der Waals surface area contributed by atoms with Gasteiger partial charge in [-0.25, -0.2) is 0 Å². The fourth-order valence-electron chi connectivity index (χ4n) is 5.34. The summed E-state index contributed by atoms with van der Waals surface area (Å²) in [5.41, 5.74) is 0.272. The van der Waals surface area contributed by atoms with Gasteiger partial charge in [-0.05, 0) is 38.5 Å². The summed E-state index contributed by atoms with van der Waals surface area (Å²) in [4.78, 5) is 12.4. The summed E-state index contributed by atoms with van der Waals surface area (Å²) in [6.45, 7) is 1.78. The lowest BCUT2D eigenvalue weighted by Gasteiger charge is -2.56. The molecule has 2 saturated carbocycles. The first-order valence-electron chi connectivity index (χ1n) is 9.40. The number of fused-ring (bicyclic) bond motifs is 2. The summed E-state index contributed by atoms with van der Waals surface area (Å²) in [6.07, 6.45) is 10.6. The number of ether oxygens (including phenoxy) is 2. The Morgan fingerprint density at radius 3 is 2.74 bits per heavy atom. The third-order valence-electron chi connectivity index (χ3n) is 6.41. The van der Waals surface area contributed by atoms with Gasteiger partial charge in [0.1, 0.15) is 0 Å². The van der Waals surface area contributed by atoms with Gasteiger partial charge in [-0.3, -0.25) is 4.79 Å². The van der Waals surface area contributed by atoms with E-state index in [1.54, 1.807) is 11.8 Å². The zero-order valence-electron chi connectivity index (χ0n) is 13.9. The number of hydrogen-bond acceptors (Lipinski definition) is 4. The molecule has 0 unspecified atom stereocenters. The molecule has 2 heterocycles. The molecule has 0 bridgehead atoms. The molecule has 0 aromatic heterocycles. The van der Waals surface area contributed by atoms with E-state index in [2.05, 4.69) is 5.32 Å². The fraction of sp³-hybridized carbons (Fsp3) is 0.944. The third-order valence-corrected chi connectivity index (χ3v) is 7.49. The maximum Gasteiger partial charge on any atom is 0.230 e. The maximum atomic E-state index is 12.4. The van der Waals surface area contributed by atoms with E-state index < -0.39 is 0 Å². The van der Waals surface area contributed by atoms with Crippen LogP contribution < -0.4 is 5.32 Å². The van der Waals surface area contributed by atoms with Gasteiger partial charge < -0.3 is 14.8 Å². The van der Waals surface area contributed by atoms with Gasteiger partial charge in [-0.2, -0.15) is 0 Å². The topological polar surface area (TPSA) is 47.6 Å². The number of thioether (sulfide) groups is 1. The summed E-state index contributed by atoms with van der Waals surface area (Å²) < 4.78 is 11.7. The van der Waals surface area contributed by atoms with Crippen LogP contribution in [0.15, 0.2) is 0 Å². The quantitative estimate of drug-likeness (QED) is 0.837. The number of rotatable bonds is 5. The number of amides is 1. The molecular formula is C18H29NO3S. The van der Waals surface area contributed by atoms with E-state index >= 15 is 0 Å². The first kappa shape index (κ1) is 16.2. The monoisotopic (exact) mass is 339 g/mol. The van der Waals surface area contributed by atoms with Gasteiger partial charge in [0.15, 0.2) is 0 Å². The highest BCUT2D eigenvalue weighted by atomic mass is 32.2. The van der Waals surface area contributed by atoms with Crippen LogP contribution in [0.25, 0.3) is 0 Å². The molecule has 23 heavy (non-hydrogen) atoms. The van der Waals surface area contributed by atoms with Gasteiger partial charge in [0, 0.05) is 36.3 Å². The Kier molecular flexibility index (Phi) is 4.89. The van der Waals surface area contributed by atoms with E-state index in [4.69, 9.17) is 9.47 Å². The summed E-state index contributed by atoms with van der Waals surface area (Å²) in [5, 5.41) is 3.38. The highest BCUT2D eigenvalue weighted by Crippen LogP contribution is 2.60. The van der Waals surface area contributed by atoms with E-state index in [0.717, 1.165) is 31.8 Å². The number of carbonyl (C=O) groups excluding carboxylic acids is 1. The second kappa shape index (κ2) is 6.93. The van der Waals surface area contributed by atoms with Crippen LogP contribution in [0, 0.1) is 11.3 Å². The molecule has 4 atom stereocenters. The molecule has 130 valence electrons. The maximum absolute atomic E-state index is 12.4. The Balaban J connectivity index is 1.25. The SMILES string of the molecule is O=C(CSC[C@@H]1CCCCO1)N[C@@H]1[C@H]2CCO[C@@H]2C12CCCC2. The number of carbonyl (C=O) groups is 1. The minimum Gasteiger partial charge on any atom is -0.377 e. The molecule has 4 nitrogen and oxygen atoms in total. The van der Waals surface area contributed by atoms with Crippen molar-refractivity contribution in [3.05, 3.63) is 0 Å². The Morgan fingerprint density at radius 2 is 1.96 bits per heavy atom. The Hall–Kier alpha value is -0.260. The lowest BCUT2D eigenvalue weighted by atomic mass is 9.54. The smallest absolute Gasteiger partial charge is 0.230 e. The van der Waals surface area contributed by atoms with Crippen LogP contribution in [-0.2, 0) is 14.3 Å². The summed E-state index contributed by atoms with van der Waals surface area (Å²) in [6, 6.07) is 0.372. The molecule has 0 aromatic carbocycles. The molecule has 2 aliphatic carbocycles. The Bertz CT molecular complexity index is 432. The Labute approximate surface area is 143 Å². The number of hydrogen-bond donors (Lipinski definition) is 1. The van der Waals surface area contributed by atoms with Crippen molar-refractivity contribution >= 4 is 17.7 Å². The molecule has 2 saturated heterocycles. The van der Waals surface area contributed by atoms with E-state index in [1.807, 2.05) is 0 Å². The lowest BCUT2D eigenvalue weighted by molar-refractivity contribution is -0.144. The molecule has 2 aliphatic heterocycles. The standard InChI is InChI=1S/C18H29NO3S/c20-15(12-23-11-13-5-1-4-9-21-13)19-16-14-6-10-22-17(14)18(16)7-2-3-8-18/h13-14,16-17H,1-12H2,(H,19,20)/t13-,14+,16+,17-/m0/s1. The Morgan fingerprint density at radius 1 is 1.09 bits per heavy atom. The molecule has 0 aromatic rings. The van der Waals surface area contributed by atoms with Crippen molar-refractivity contribution in [3.63, 3.8) is 0 Å². The van der Waals surface area contributed by atoms with Crippen LogP contribution in [0.1, 0.15) is 51.4 Å². The van der Waals surface area contributed by atoms with Crippen LogP contribution in [0.3, 0.4) is 0 Å². The van der Waals surface area contributed by atoms with Gasteiger partial charge in [-0.15, -0.1) is 11.8 Å². The van der Waals surface area contributed by atoms with Crippen LogP contribution in [0.4, 0.5) is 0 Å². The van der Waals surface area contributed by atoms with Gasteiger partial charge in [0.25, 0.3) is 0 Å². The van der Waals surface area contributed by atoms with Crippen molar-refractivity contribution in [2.45, 2.75) is 69.6 Å². The highest BCUT2D eigenvalue weighted by Gasteiger charge is 2.65. The molecule has 1 amide bonds. The van der Waals surface area contributed by atoms with Crippen molar-refractivity contribution in [1.82, 2.24) is 5.32 Å². The lowest BCUT2D eigenvalue weighted by Crippen LogP contribution is -2.68. The van der Waals surface area contributed by atoms with E-state index in [1.165, 1.54) is 38.5 Å². The normalized spacial score (nSPS) is 38.3. The van der Waals surface area contributed by atoms with Crippen molar-refractivity contribution in [2.75, 3.05) is 24.7 Å². The van der Waals surface area contributed by atoms with Crippen LogP contribution in [0.2, 0.25) is 0 Å². The molecule has 4 aliphatic rings. The highest BCUT2D eigenvalue weighted by molar-refractivity contribution is 7.99. The first-order chi connectivity index (χ1) is 11.3. The zero-order chi connectivity index (χ0) is 15.7. The number of nitrogens with one attached hydrogen (secondary N) is 1. The van der Waals surface area contributed by atoms with Gasteiger partial charge in [-0.1, -0.05) is 12.8 Å². The van der Waals surface area contributed by atoms with Crippen LogP contribution >= 0.6 is 11.8 Å². The second-order valence-electron chi connectivity index (χ2n) is 7.73. The van der Waals surface area contributed by atoms with Gasteiger partial charge in [0.05, 0.1) is 18.0 Å². The van der Waals surface area contributed by atoms with Crippen LogP contribution in [-0.4, -0.2) is 48.9 Å². The van der Waals surface area contributed by atoms with Crippen molar-refractivity contribution in [2.24, 2.45) is 11.3 Å². The van der Waals surface area contributed by atoms with Gasteiger partial charge in [0.2, 0.25) is 5.91 Å². The first-order valence-corrected chi connectivity index (χ1v) is 10.6. The molecule has 4 rings (SSSR count). The predicted molar refractivity (Wildman–Crippen MR) is 91.6 cm³/mol. The minimum atomic E-state index is 0.215. The zero-order valence-corrected chi connectivity index (χ0v) is 14.7. The molecule has 1 N–H and O–H groups in total. The fourth-order valence-corrected chi connectivity index (χ4v) is 6.25. The van der Waals surface area contributed by atoms with Gasteiger partial charge >= 0.3 is 0 Å². The molecule has 5 heteroatoms. The van der Waals surface area contributed by atoms with E-state index in [-0.39, 0.29) is 11.3 Å². The van der Waals surface area contributed by atoms with Crippen molar-refractivity contribution in [1.29, 1.82) is 0 Å². The van der Waals surface area contributed by atoms with E-state index in [9.17, 15) is 4.79 Å². The second-order valence-corrected chi connectivity index (χ2v) is 8.76. The molecule has 0 radical (unpaired) electrons. The largest absolute Gasteiger partial charge is 0.377 e. The average Bonchev–Trinajstić information content (AvgIpc) is 3.22. The summed E-state index contributed by atoms with van der Waals surface area (Å²) in [7, 11) is 0. The minimum absolute atomic E-state index is 0.215. The van der Waals surface area contributed by atoms with Crippen molar-refractivity contribution < 1.29 is 14.3 Å². The van der Waals surface area contributed by atoms with Crippen molar-refractivity contribution in [3.8, 4) is 0 Å². The van der Waals surface area contributed by atoms with Crippen LogP contribution in [0.5, 0.6) is 0 Å².